The summed E-state index contributed by atoms with van der Waals surface area (Å²) in [5.74, 6) is 0.801. The number of fused-ring (bicyclic) bond motifs is 1. The number of furan rings is 1. The van der Waals surface area contributed by atoms with Crippen LogP contribution in [0.1, 0.15) is 24.4 Å². The fourth-order valence-electron chi connectivity index (χ4n) is 2.10. The summed E-state index contributed by atoms with van der Waals surface area (Å²) < 4.78 is 5.37. The number of nitriles is 1. The molecule has 0 aliphatic carbocycles. The number of rotatable bonds is 3. The van der Waals surface area contributed by atoms with Crippen molar-refractivity contribution in [1.82, 2.24) is 10.2 Å². The van der Waals surface area contributed by atoms with Crippen molar-refractivity contribution in [1.29, 1.82) is 5.26 Å². The van der Waals surface area contributed by atoms with Gasteiger partial charge in [0.05, 0.1) is 23.5 Å². The second-order valence-corrected chi connectivity index (χ2v) is 4.43. The van der Waals surface area contributed by atoms with E-state index in [4.69, 9.17) is 4.42 Å². The van der Waals surface area contributed by atoms with Gasteiger partial charge in [0.25, 0.3) is 0 Å². The first-order chi connectivity index (χ1) is 9.79. The van der Waals surface area contributed by atoms with E-state index in [-0.39, 0.29) is 11.7 Å². The standard InChI is InChI=1S/C15H12N4O/c1-10(14-7-4-8-20-14)17-15-11-5-2-3-6-12(11)18-19-13(15)9-16/h2-8,10H,1H3,(H,17,18). The van der Waals surface area contributed by atoms with Crippen molar-refractivity contribution in [3.8, 4) is 6.07 Å². The summed E-state index contributed by atoms with van der Waals surface area (Å²) in [4.78, 5) is 0. The number of anilines is 1. The summed E-state index contributed by atoms with van der Waals surface area (Å²) in [6.45, 7) is 1.97. The number of aromatic nitrogens is 2. The number of benzene rings is 1. The Kier molecular flexibility index (Phi) is 3.05. The van der Waals surface area contributed by atoms with Crippen molar-refractivity contribution in [3.63, 3.8) is 0 Å². The molecule has 0 bridgehead atoms. The third-order valence-electron chi connectivity index (χ3n) is 3.10. The van der Waals surface area contributed by atoms with E-state index in [1.807, 2.05) is 43.3 Å². The maximum absolute atomic E-state index is 9.21. The van der Waals surface area contributed by atoms with E-state index in [2.05, 4.69) is 21.6 Å². The van der Waals surface area contributed by atoms with Crippen LogP contribution < -0.4 is 5.32 Å². The molecule has 3 aromatic rings. The second kappa shape index (κ2) is 5.02. The molecule has 3 rings (SSSR count). The minimum Gasteiger partial charge on any atom is -0.467 e. The predicted molar refractivity (Wildman–Crippen MR) is 75.0 cm³/mol. The maximum Gasteiger partial charge on any atom is 0.186 e. The number of nitrogens with one attached hydrogen (secondary N) is 1. The van der Waals surface area contributed by atoms with Crippen LogP contribution in [0, 0.1) is 11.3 Å². The molecule has 5 heteroatoms. The van der Waals surface area contributed by atoms with Crippen LogP contribution in [0.25, 0.3) is 10.9 Å². The van der Waals surface area contributed by atoms with E-state index in [1.165, 1.54) is 0 Å². The molecule has 0 spiro atoms. The summed E-state index contributed by atoms with van der Waals surface area (Å²) in [7, 11) is 0. The molecule has 2 aromatic heterocycles. The third-order valence-corrected chi connectivity index (χ3v) is 3.10. The lowest BCUT2D eigenvalue weighted by Gasteiger charge is -2.15. The Morgan fingerprint density at radius 2 is 2.05 bits per heavy atom. The molecular weight excluding hydrogens is 252 g/mol. The normalized spacial score (nSPS) is 12.0. The Balaban J connectivity index is 2.07. The molecule has 5 nitrogen and oxygen atoms in total. The van der Waals surface area contributed by atoms with Crippen molar-refractivity contribution >= 4 is 16.6 Å². The van der Waals surface area contributed by atoms with Gasteiger partial charge in [-0.3, -0.25) is 0 Å². The van der Waals surface area contributed by atoms with Gasteiger partial charge >= 0.3 is 0 Å². The van der Waals surface area contributed by atoms with Crippen molar-refractivity contribution in [2.75, 3.05) is 5.32 Å². The molecule has 0 amide bonds. The van der Waals surface area contributed by atoms with Crippen LogP contribution in [0.5, 0.6) is 0 Å². The number of hydrogen-bond donors (Lipinski definition) is 1. The van der Waals surface area contributed by atoms with E-state index in [1.54, 1.807) is 6.26 Å². The highest BCUT2D eigenvalue weighted by atomic mass is 16.3. The SMILES string of the molecule is CC(Nc1c(C#N)nnc2ccccc12)c1ccco1. The quantitative estimate of drug-likeness (QED) is 0.785. The van der Waals surface area contributed by atoms with Gasteiger partial charge in [0, 0.05) is 5.39 Å². The van der Waals surface area contributed by atoms with Gasteiger partial charge in [0.15, 0.2) is 5.69 Å². The molecule has 0 radical (unpaired) electrons. The lowest BCUT2D eigenvalue weighted by Crippen LogP contribution is -2.09. The zero-order valence-corrected chi connectivity index (χ0v) is 10.9. The fourth-order valence-corrected chi connectivity index (χ4v) is 2.10. The molecule has 0 aliphatic heterocycles. The largest absolute Gasteiger partial charge is 0.467 e. The Hall–Kier alpha value is -2.87. The highest BCUT2D eigenvalue weighted by molar-refractivity contribution is 5.92. The Labute approximate surface area is 115 Å². The zero-order chi connectivity index (χ0) is 13.9. The smallest absolute Gasteiger partial charge is 0.186 e. The van der Waals surface area contributed by atoms with Gasteiger partial charge in [-0.2, -0.15) is 5.26 Å². The maximum atomic E-state index is 9.21. The molecular formula is C15H12N4O. The summed E-state index contributed by atoms with van der Waals surface area (Å²) in [6, 6.07) is 13.3. The van der Waals surface area contributed by atoms with Crippen LogP contribution in [-0.4, -0.2) is 10.2 Å². The molecule has 0 fully saturated rings. The highest BCUT2D eigenvalue weighted by Gasteiger charge is 2.15. The van der Waals surface area contributed by atoms with Crippen LogP contribution in [0.4, 0.5) is 5.69 Å². The summed E-state index contributed by atoms with van der Waals surface area (Å²) >= 11 is 0. The second-order valence-electron chi connectivity index (χ2n) is 4.43. The van der Waals surface area contributed by atoms with Crippen LogP contribution in [0.2, 0.25) is 0 Å². The first-order valence-electron chi connectivity index (χ1n) is 6.25. The Bertz CT molecular complexity index is 774. The van der Waals surface area contributed by atoms with Crippen molar-refractivity contribution in [3.05, 3.63) is 54.1 Å². The summed E-state index contributed by atoms with van der Waals surface area (Å²) in [5.41, 5.74) is 1.71. The van der Waals surface area contributed by atoms with Crippen LogP contribution in [-0.2, 0) is 0 Å². The molecule has 0 aliphatic rings. The van der Waals surface area contributed by atoms with Gasteiger partial charge in [0.1, 0.15) is 11.8 Å². The third kappa shape index (κ3) is 2.08. The number of nitrogens with zero attached hydrogens (tertiary/aromatic N) is 3. The molecule has 1 atom stereocenters. The lowest BCUT2D eigenvalue weighted by molar-refractivity contribution is 0.490. The van der Waals surface area contributed by atoms with E-state index >= 15 is 0 Å². The molecule has 1 N–H and O–H groups in total. The first-order valence-corrected chi connectivity index (χ1v) is 6.25. The van der Waals surface area contributed by atoms with Gasteiger partial charge in [-0.25, -0.2) is 0 Å². The van der Waals surface area contributed by atoms with Gasteiger partial charge in [0.2, 0.25) is 0 Å². The molecule has 98 valence electrons. The first kappa shape index (κ1) is 12.2. The van der Waals surface area contributed by atoms with E-state index in [0.717, 1.165) is 16.7 Å². The van der Waals surface area contributed by atoms with Crippen LogP contribution >= 0.6 is 0 Å². The van der Waals surface area contributed by atoms with Crippen LogP contribution in [0.15, 0.2) is 47.1 Å². The van der Waals surface area contributed by atoms with Gasteiger partial charge < -0.3 is 9.73 Å². The fraction of sp³-hybridized carbons (Fsp3) is 0.133. The van der Waals surface area contributed by atoms with Gasteiger partial charge in [-0.1, -0.05) is 18.2 Å². The van der Waals surface area contributed by atoms with Crippen molar-refractivity contribution < 1.29 is 4.42 Å². The summed E-state index contributed by atoms with van der Waals surface area (Å²) in [5, 5.41) is 21.4. The molecule has 0 saturated heterocycles. The zero-order valence-electron chi connectivity index (χ0n) is 10.9. The van der Waals surface area contributed by atoms with Crippen molar-refractivity contribution in [2.24, 2.45) is 0 Å². The van der Waals surface area contributed by atoms with E-state index < -0.39 is 0 Å². The molecule has 2 heterocycles. The van der Waals surface area contributed by atoms with Gasteiger partial charge in [-0.15, -0.1) is 10.2 Å². The Morgan fingerprint density at radius 1 is 1.20 bits per heavy atom. The number of hydrogen-bond acceptors (Lipinski definition) is 5. The van der Waals surface area contributed by atoms with Crippen molar-refractivity contribution in [2.45, 2.75) is 13.0 Å². The molecule has 1 aromatic carbocycles. The predicted octanol–water partition coefficient (Wildman–Crippen LogP) is 3.27. The molecule has 0 saturated carbocycles. The highest BCUT2D eigenvalue weighted by Crippen LogP contribution is 2.27. The van der Waals surface area contributed by atoms with Gasteiger partial charge in [-0.05, 0) is 25.1 Å². The van der Waals surface area contributed by atoms with E-state index in [9.17, 15) is 5.26 Å². The van der Waals surface area contributed by atoms with E-state index in [0.29, 0.717) is 5.69 Å². The molecule has 1 unspecified atom stereocenters. The monoisotopic (exact) mass is 264 g/mol. The minimum atomic E-state index is -0.0651. The Morgan fingerprint density at radius 3 is 2.80 bits per heavy atom. The minimum absolute atomic E-state index is 0.0651. The average Bonchev–Trinajstić information content (AvgIpc) is 3.02. The lowest BCUT2D eigenvalue weighted by atomic mass is 10.1. The van der Waals surface area contributed by atoms with Crippen LogP contribution in [0.3, 0.4) is 0 Å². The summed E-state index contributed by atoms with van der Waals surface area (Å²) in [6.07, 6.45) is 1.63. The average molecular weight is 264 g/mol. The topological polar surface area (TPSA) is 74.7 Å². The molecule has 20 heavy (non-hydrogen) atoms.